The quantitative estimate of drug-likeness (QED) is 0.592. The number of nitrogens with one attached hydrogen (secondary N) is 1. The van der Waals surface area contributed by atoms with Gasteiger partial charge in [0, 0.05) is 22.7 Å². The summed E-state index contributed by atoms with van der Waals surface area (Å²) in [4.78, 5) is 27.0. The lowest BCUT2D eigenvalue weighted by Gasteiger charge is -2.30. The fourth-order valence-electron chi connectivity index (χ4n) is 4.90. The van der Waals surface area contributed by atoms with Crippen molar-refractivity contribution < 1.29 is 23.9 Å². The minimum atomic E-state index is -1.40. The number of hydrogen-bond donors (Lipinski definition) is 1. The summed E-state index contributed by atoms with van der Waals surface area (Å²) in [5.41, 5.74) is 0.471. The van der Waals surface area contributed by atoms with Crippen molar-refractivity contribution >= 4 is 11.6 Å². The van der Waals surface area contributed by atoms with Crippen LogP contribution in [0.1, 0.15) is 17.0 Å². The molecule has 0 aromatic heterocycles. The highest BCUT2D eigenvalue weighted by Crippen LogP contribution is 2.53. The number of anilines is 1. The number of carbonyl (C=O) groups is 1. The van der Waals surface area contributed by atoms with Gasteiger partial charge in [0.05, 0.1) is 27.2 Å². The molecule has 2 aliphatic rings. The molecular weight excluding hydrogens is 390 g/mol. The second-order valence-corrected chi connectivity index (χ2v) is 7.44. The predicted octanol–water partition coefficient (Wildman–Crippen LogP) is 2.23. The first-order valence-corrected chi connectivity index (χ1v) is 9.45. The second-order valence-electron chi connectivity index (χ2n) is 7.44. The number of likely N-dealkylation sites (tertiary alicyclic amines) is 1. The molecule has 1 saturated heterocycles. The van der Waals surface area contributed by atoms with Crippen LogP contribution in [-0.4, -0.2) is 56.7 Å². The molecule has 0 unspecified atom stereocenters. The van der Waals surface area contributed by atoms with Crippen molar-refractivity contribution in [1.82, 2.24) is 4.90 Å². The molecule has 1 fully saturated rings. The highest BCUT2D eigenvalue weighted by molar-refractivity contribution is 6.06. The van der Waals surface area contributed by atoms with Gasteiger partial charge >= 0.3 is 0 Å². The third-order valence-corrected chi connectivity index (χ3v) is 6.16. The maximum Gasteiger partial charge on any atom is 0.256 e. The van der Waals surface area contributed by atoms with Crippen molar-refractivity contribution in [2.75, 3.05) is 40.2 Å². The summed E-state index contributed by atoms with van der Waals surface area (Å²) in [6, 6.07) is 9.36. The van der Waals surface area contributed by atoms with E-state index in [1.807, 2.05) is 0 Å². The van der Waals surface area contributed by atoms with Gasteiger partial charge in [-0.2, -0.15) is 0 Å². The molecule has 0 radical (unpaired) electrons. The van der Waals surface area contributed by atoms with Crippen LogP contribution in [0.3, 0.4) is 0 Å². The molecule has 0 aliphatic carbocycles. The fraction of sp³-hybridized carbons (Fsp3) is 0.381. The molecule has 9 nitrogen and oxygen atoms in total. The van der Waals surface area contributed by atoms with Crippen molar-refractivity contribution in [3.63, 3.8) is 0 Å². The summed E-state index contributed by atoms with van der Waals surface area (Å²) in [6.45, 7) is 0.312. The van der Waals surface area contributed by atoms with Crippen LogP contribution in [0.25, 0.3) is 0 Å². The van der Waals surface area contributed by atoms with Gasteiger partial charge < -0.3 is 19.5 Å². The zero-order chi connectivity index (χ0) is 21.6. The van der Waals surface area contributed by atoms with Gasteiger partial charge in [0.1, 0.15) is 0 Å². The Balaban J connectivity index is 1.90. The predicted molar refractivity (Wildman–Crippen MR) is 109 cm³/mol. The van der Waals surface area contributed by atoms with Gasteiger partial charge in [-0.15, -0.1) is 0 Å². The van der Waals surface area contributed by atoms with Crippen LogP contribution in [0.2, 0.25) is 0 Å². The Kier molecular flexibility index (Phi) is 4.77. The van der Waals surface area contributed by atoms with E-state index in [0.29, 0.717) is 40.6 Å². The van der Waals surface area contributed by atoms with Crippen LogP contribution >= 0.6 is 0 Å². The van der Waals surface area contributed by atoms with Crippen LogP contribution in [0.4, 0.5) is 5.69 Å². The van der Waals surface area contributed by atoms with E-state index in [1.54, 1.807) is 48.3 Å². The maximum atomic E-state index is 13.2. The van der Waals surface area contributed by atoms with Crippen molar-refractivity contribution in [3.05, 3.63) is 57.6 Å². The van der Waals surface area contributed by atoms with Crippen LogP contribution < -0.4 is 19.5 Å². The molecule has 0 saturated carbocycles. The van der Waals surface area contributed by atoms with E-state index < -0.39 is 17.5 Å². The molecule has 1 N–H and O–H groups in total. The normalized spacial score (nSPS) is 25.1. The van der Waals surface area contributed by atoms with Gasteiger partial charge in [0.2, 0.25) is 5.75 Å². The Labute approximate surface area is 173 Å². The molecule has 3 atom stereocenters. The highest BCUT2D eigenvalue weighted by atomic mass is 16.6. The first-order valence-electron chi connectivity index (χ1n) is 9.45. The number of para-hydroxylation sites is 1. The zero-order valence-corrected chi connectivity index (χ0v) is 17.2. The molecule has 1 spiro atoms. The maximum absolute atomic E-state index is 13.2. The number of nitro groups is 1. The summed E-state index contributed by atoms with van der Waals surface area (Å²) in [5, 5.41) is 15.2. The lowest BCUT2D eigenvalue weighted by atomic mass is 9.79. The summed E-state index contributed by atoms with van der Waals surface area (Å²) in [5.74, 6) is 0.271. The number of hydrogen-bond acceptors (Lipinski definition) is 7. The average molecular weight is 413 g/mol. The summed E-state index contributed by atoms with van der Waals surface area (Å²) >= 11 is 0. The molecule has 30 heavy (non-hydrogen) atoms. The molecular formula is C21H23N3O6. The number of fused-ring (bicyclic) bond motifs is 2. The monoisotopic (exact) mass is 413 g/mol. The average Bonchev–Trinajstić information content (AvgIpc) is 3.22. The molecule has 2 heterocycles. The molecule has 2 aromatic rings. The number of carbonyl (C=O) groups excluding carboxylic acids is 1. The summed E-state index contributed by atoms with van der Waals surface area (Å²) in [6.07, 6.45) is 0. The number of nitrogens with zero attached hydrogens (tertiary/aromatic N) is 2. The van der Waals surface area contributed by atoms with E-state index >= 15 is 0 Å². The Morgan fingerprint density at radius 1 is 1.13 bits per heavy atom. The van der Waals surface area contributed by atoms with Gasteiger partial charge in [0.15, 0.2) is 17.0 Å². The Morgan fingerprint density at radius 2 is 1.77 bits per heavy atom. The zero-order valence-electron chi connectivity index (χ0n) is 17.2. The van der Waals surface area contributed by atoms with Crippen molar-refractivity contribution in [2.45, 2.75) is 17.5 Å². The van der Waals surface area contributed by atoms with Crippen LogP contribution in [0, 0.1) is 10.1 Å². The molecule has 2 aliphatic heterocycles. The molecule has 2 aromatic carbocycles. The van der Waals surface area contributed by atoms with E-state index in [9.17, 15) is 14.9 Å². The third kappa shape index (κ3) is 2.55. The third-order valence-electron chi connectivity index (χ3n) is 6.16. The fourth-order valence-corrected chi connectivity index (χ4v) is 4.90. The highest BCUT2D eigenvalue weighted by Gasteiger charge is 2.68. The van der Waals surface area contributed by atoms with Gasteiger partial charge in [-0.25, -0.2) is 0 Å². The molecule has 158 valence electrons. The van der Waals surface area contributed by atoms with Gasteiger partial charge in [-0.05, 0) is 30.8 Å². The number of rotatable bonds is 5. The molecule has 1 amide bonds. The van der Waals surface area contributed by atoms with Gasteiger partial charge in [0.25, 0.3) is 11.9 Å². The lowest BCUT2D eigenvalue weighted by molar-refractivity contribution is -0.534. The molecule has 4 rings (SSSR count). The SMILES string of the molecule is COc1cc([C@@H]2CN(C)[C@@]3(C(=O)Nc4ccccc43)[C@@H]2[N+](=O)[O-])cc(OC)c1OC. The smallest absolute Gasteiger partial charge is 0.256 e. The number of benzene rings is 2. The Hall–Kier alpha value is -3.33. The first kappa shape index (κ1) is 20.0. The van der Waals surface area contributed by atoms with E-state index in [0.717, 1.165) is 0 Å². The minimum Gasteiger partial charge on any atom is -0.493 e. The number of ether oxygens (including phenoxy) is 3. The van der Waals surface area contributed by atoms with Crippen molar-refractivity contribution in [3.8, 4) is 17.2 Å². The lowest BCUT2D eigenvalue weighted by Crippen LogP contribution is -2.54. The van der Waals surface area contributed by atoms with Crippen LogP contribution in [0.15, 0.2) is 36.4 Å². The number of amides is 1. The van der Waals surface area contributed by atoms with Crippen molar-refractivity contribution in [1.29, 1.82) is 0 Å². The molecule has 9 heteroatoms. The molecule has 0 bridgehead atoms. The van der Waals surface area contributed by atoms with Gasteiger partial charge in [-0.1, -0.05) is 18.2 Å². The minimum absolute atomic E-state index is 0.312. The Bertz CT molecular complexity index is 1000. The number of methoxy groups -OCH3 is 3. The topological polar surface area (TPSA) is 103 Å². The van der Waals surface area contributed by atoms with Crippen LogP contribution in [0.5, 0.6) is 17.2 Å². The van der Waals surface area contributed by atoms with E-state index in [4.69, 9.17) is 14.2 Å². The standard InChI is InChI=1S/C21H23N3O6/c1-23-11-13(12-9-16(28-2)18(30-4)17(10-12)29-3)19(24(26)27)21(23)14-7-5-6-8-15(14)22-20(21)25/h5-10,13,19H,11H2,1-4H3,(H,22,25)/t13-,19+,21+/m0/s1. The van der Waals surface area contributed by atoms with E-state index in [2.05, 4.69) is 5.32 Å². The van der Waals surface area contributed by atoms with Crippen LogP contribution in [-0.2, 0) is 10.3 Å². The van der Waals surface area contributed by atoms with E-state index in [1.165, 1.54) is 21.3 Å². The Morgan fingerprint density at radius 3 is 2.33 bits per heavy atom. The number of likely N-dealkylation sites (N-methyl/N-ethyl adjacent to an activating group) is 1. The van der Waals surface area contributed by atoms with E-state index in [-0.39, 0.29) is 10.8 Å². The first-order chi connectivity index (χ1) is 14.4. The van der Waals surface area contributed by atoms with Gasteiger partial charge in [-0.3, -0.25) is 19.8 Å². The largest absolute Gasteiger partial charge is 0.493 e. The summed E-state index contributed by atoms with van der Waals surface area (Å²) < 4.78 is 16.2. The van der Waals surface area contributed by atoms with Crippen molar-refractivity contribution in [2.24, 2.45) is 0 Å². The summed E-state index contributed by atoms with van der Waals surface area (Å²) in [7, 11) is 6.23. The second kappa shape index (κ2) is 7.17.